The van der Waals surface area contributed by atoms with E-state index in [1.54, 1.807) is 0 Å². The van der Waals surface area contributed by atoms with Crippen LogP contribution in [-0.4, -0.2) is 36.1 Å². The Morgan fingerprint density at radius 1 is 1.64 bits per heavy atom. The topological polar surface area (TPSA) is 29.5 Å². The highest BCUT2D eigenvalue weighted by atomic mass is 32.1. The summed E-state index contributed by atoms with van der Waals surface area (Å²) in [6, 6.07) is 4.14. The fraction of sp³-hybridized carbons (Fsp3) is 0.500. The van der Waals surface area contributed by atoms with Crippen LogP contribution in [0.5, 0.6) is 0 Å². The molecule has 14 heavy (non-hydrogen) atoms. The van der Waals surface area contributed by atoms with Gasteiger partial charge in [0.05, 0.1) is 23.6 Å². The molecule has 4 heteroatoms. The van der Waals surface area contributed by atoms with Crippen molar-refractivity contribution in [2.45, 2.75) is 18.6 Å². The third-order valence-electron chi connectivity index (χ3n) is 2.89. The van der Waals surface area contributed by atoms with Crippen molar-refractivity contribution in [1.29, 1.82) is 0 Å². The second-order valence-electron chi connectivity index (χ2n) is 3.78. The predicted molar refractivity (Wildman–Crippen MR) is 53.5 cm³/mol. The zero-order chi connectivity index (χ0) is 9.54. The molecular formula is C10H11NO2S. The molecule has 0 unspecified atom stereocenters. The van der Waals surface area contributed by atoms with E-state index in [4.69, 9.17) is 4.74 Å². The molecule has 0 radical (unpaired) electrons. The van der Waals surface area contributed by atoms with Crippen molar-refractivity contribution in [2.75, 3.05) is 13.2 Å². The number of carbonyl (C=O) groups excluding carboxylic acids is 1. The number of rotatable bonds is 1. The second-order valence-corrected chi connectivity index (χ2v) is 4.73. The summed E-state index contributed by atoms with van der Waals surface area (Å²) in [5.74, 6) is 0.177. The average Bonchev–Trinajstić information content (AvgIpc) is 2.93. The van der Waals surface area contributed by atoms with Gasteiger partial charge in [0.2, 0.25) is 0 Å². The third kappa shape index (κ3) is 1.18. The lowest BCUT2D eigenvalue weighted by Gasteiger charge is -2.26. The molecule has 0 aromatic carbocycles. The molecule has 3 heterocycles. The smallest absolute Gasteiger partial charge is 0.264 e. The Labute approximate surface area is 86.3 Å². The van der Waals surface area contributed by atoms with Gasteiger partial charge < -0.3 is 9.64 Å². The van der Waals surface area contributed by atoms with Gasteiger partial charge in [-0.2, -0.15) is 0 Å². The molecule has 1 amide bonds. The van der Waals surface area contributed by atoms with E-state index in [1.807, 2.05) is 22.4 Å². The molecule has 2 atom stereocenters. The minimum atomic E-state index is 0.177. The standard InChI is InChI=1S/C10H11NO2S/c12-10(9-2-1-3-14-9)11-5-8-4-7(11)6-13-8/h1-3,7-8H,4-6H2/t7-,8+/m0/s1. The van der Waals surface area contributed by atoms with Crippen molar-refractivity contribution in [3.63, 3.8) is 0 Å². The van der Waals surface area contributed by atoms with Crippen LogP contribution in [0.3, 0.4) is 0 Å². The first-order valence-electron chi connectivity index (χ1n) is 4.80. The summed E-state index contributed by atoms with van der Waals surface area (Å²) in [6.45, 7) is 1.50. The van der Waals surface area contributed by atoms with Gasteiger partial charge in [-0.25, -0.2) is 0 Å². The molecule has 1 aromatic heterocycles. The lowest BCUT2D eigenvalue weighted by Crippen LogP contribution is -2.41. The summed E-state index contributed by atoms with van der Waals surface area (Å²) in [7, 11) is 0. The molecule has 0 aliphatic carbocycles. The van der Waals surface area contributed by atoms with E-state index in [9.17, 15) is 4.79 Å². The van der Waals surface area contributed by atoms with Crippen molar-refractivity contribution >= 4 is 17.2 Å². The number of hydrogen-bond acceptors (Lipinski definition) is 3. The minimum Gasteiger partial charge on any atom is -0.374 e. The molecular weight excluding hydrogens is 198 g/mol. The molecule has 3 rings (SSSR count). The first kappa shape index (κ1) is 8.44. The van der Waals surface area contributed by atoms with E-state index < -0.39 is 0 Å². The van der Waals surface area contributed by atoms with Crippen molar-refractivity contribution in [3.8, 4) is 0 Å². The van der Waals surface area contributed by atoms with E-state index in [0.717, 1.165) is 24.4 Å². The Morgan fingerprint density at radius 2 is 2.57 bits per heavy atom. The number of thiophene rings is 1. The maximum Gasteiger partial charge on any atom is 0.264 e. The third-order valence-corrected chi connectivity index (χ3v) is 3.75. The quantitative estimate of drug-likeness (QED) is 0.699. The molecule has 3 nitrogen and oxygen atoms in total. The van der Waals surface area contributed by atoms with Gasteiger partial charge in [-0.15, -0.1) is 11.3 Å². The van der Waals surface area contributed by atoms with Gasteiger partial charge in [-0.3, -0.25) is 4.79 Å². The highest BCUT2D eigenvalue weighted by Crippen LogP contribution is 2.29. The SMILES string of the molecule is O=C(c1cccs1)N1C[C@H]2C[C@H]1CO2. The summed E-state index contributed by atoms with van der Waals surface area (Å²) >= 11 is 1.51. The maximum atomic E-state index is 12.0. The predicted octanol–water partition coefficient (Wildman–Crippen LogP) is 1.36. The van der Waals surface area contributed by atoms with Crippen LogP contribution in [0, 0.1) is 0 Å². The molecule has 2 saturated heterocycles. The van der Waals surface area contributed by atoms with Gasteiger partial charge in [0.1, 0.15) is 0 Å². The number of carbonyl (C=O) groups is 1. The number of likely N-dealkylation sites (tertiary alicyclic amines) is 1. The Hall–Kier alpha value is -0.870. The molecule has 1 aromatic rings. The molecule has 2 bridgehead atoms. The lowest BCUT2D eigenvalue weighted by atomic mass is 10.2. The maximum absolute atomic E-state index is 12.0. The Morgan fingerprint density at radius 3 is 3.14 bits per heavy atom. The Bertz CT molecular complexity index is 349. The fourth-order valence-corrected chi connectivity index (χ4v) is 2.87. The number of morpholine rings is 1. The van der Waals surface area contributed by atoms with Crippen LogP contribution in [0.4, 0.5) is 0 Å². The van der Waals surface area contributed by atoms with Crippen molar-refractivity contribution in [2.24, 2.45) is 0 Å². The summed E-state index contributed by atoms with van der Waals surface area (Å²) in [5, 5.41) is 1.94. The van der Waals surface area contributed by atoms with Crippen LogP contribution < -0.4 is 0 Å². The lowest BCUT2D eigenvalue weighted by molar-refractivity contribution is 0.0262. The van der Waals surface area contributed by atoms with Crippen LogP contribution in [0.2, 0.25) is 0 Å². The Balaban J connectivity index is 1.81. The summed E-state index contributed by atoms with van der Waals surface area (Å²) in [6.07, 6.45) is 1.32. The highest BCUT2D eigenvalue weighted by molar-refractivity contribution is 7.12. The van der Waals surface area contributed by atoms with Gasteiger partial charge in [0, 0.05) is 6.54 Å². The zero-order valence-corrected chi connectivity index (χ0v) is 8.50. The minimum absolute atomic E-state index is 0.177. The molecule has 0 saturated carbocycles. The molecule has 2 aliphatic heterocycles. The normalized spacial score (nSPS) is 29.9. The van der Waals surface area contributed by atoms with E-state index in [0.29, 0.717) is 12.1 Å². The summed E-state index contributed by atoms with van der Waals surface area (Å²) in [5.41, 5.74) is 0. The van der Waals surface area contributed by atoms with Gasteiger partial charge in [0.25, 0.3) is 5.91 Å². The molecule has 2 aliphatic rings. The summed E-state index contributed by atoms with van der Waals surface area (Å²) < 4.78 is 5.46. The molecule has 0 N–H and O–H groups in total. The van der Waals surface area contributed by atoms with Crippen LogP contribution >= 0.6 is 11.3 Å². The largest absolute Gasteiger partial charge is 0.374 e. The van der Waals surface area contributed by atoms with Gasteiger partial charge in [0.15, 0.2) is 0 Å². The average molecular weight is 209 g/mol. The molecule has 74 valence electrons. The molecule has 2 fully saturated rings. The van der Waals surface area contributed by atoms with E-state index in [1.165, 1.54) is 11.3 Å². The van der Waals surface area contributed by atoms with Gasteiger partial charge >= 0.3 is 0 Å². The van der Waals surface area contributed by atoms with Crippen LogP contribution in [-0.2, 0) is 4.74 Å². The first-order valence-corrected chi connectivity index (χ1v) is 5.68. The highest BCUT2D eigenvalue weighted by Gasteiger charge is 2.41. The Kier molecular flexibility index (Phi) is 1.85. The van der Waals surface area contributed by atoms with E-state index in [2.05, 4.69) is 0 Å². The second kappa shape index (κ2) is 3.07. The van der Waals surface area contributed by atoms with Crippen LogP contribution in [0.25, 0.3) is 0 Å². The monoisotopic (exact) mass is 209 g/mol. The first-order chi connectivity index (χ1) is 6.84. The van der Waals surface area contributed by atoms with E-state index in [-0.39, 0.29) is 5.91 Å². The van der Waals surface area contributed by atoms with Crippen LogP contribution in [0.1, 0.15) is 16.1 Å². The summed E-state index contributed by atoms with van der Waals surface area (Å²) in [4.78, 5) is 14.8. The number of hydrogen-bond donors (Lipinski definition) is 0. The van der Waals surface area contributed by atoms with Gasteiger partial charge in [-0.1, -0.05) is 6.07 Å². The van der Waals surface area contributed by atoms with Crippen molar-refractivity contribution < 1.29 is 9.53 Å². The number of fused-ring (bicyclic) bond motifs is 2. The van der Waals surface area contributed by atoms with Gasteiger partial charge in [-0.05, 0) is 17.9 Å². The van der Waals surface area contributed by atoms with Crippen LogP contribution in [0.15, 0.2) is 17.5 Å². The zero-order valence-electron chi connectivity index (χ0n) is 7.68. The van der Waals surface area contributed by atoms with Crippen molar-refractivity contribution in [3.05, 3.63) is 22.4 Å². The van der Waals surface area contributed by atoms with Crippen molar-refractivity contribution in [1.82, 2.24) is 4.90 Å². The number of ether oxygens (including phenoxy) is 1. The fourth-order valence-electron chi connectivity index (χ4n) is 2.19. The molecule has 0 spiro atoms. The number of amides is 1. The number of nitrogens with zero attached hydrogens (tertiary/aromatic N) is 1. The van der Waals surface area contributed by atoms with E-state index >= 15 is 0 Å².